The van der Waals surface area contributed by atoms with Gasteiger partial charge in [0.25, 0.3) is 0 Å². The number of hydrogen-bond donors (Lipinski definition) is 2. The fourth-order valence-corrected chi connectivity index (χ4v) is 1.36. The third kappa shape index (κ3) is 8.53. The van der Waals surface area contributed by atoms with E-state index in [2.05, 4.69) is 23.5 Å². The highest BCUT2D eigenvalue weighted by molar-refractivity contribution is 6.03. The lowest BCUT2D eigenvalue weighted by molar-refractivity contribution is -0.111. The summed E-state index contributed by atoms with van der Waals surface area (Å²) in [5, 5.41) is 12.7. The first-order chi connectivity index (χ1) is 10.6. The van der Waals surface area contributed by atoms with Crippen LogP contribution in [-0.2, 0) is 4.79 Å². The second-order valence-electron chi connectivity index (χ2n) is 4.31. The van der Waals surface area contributed by atoms with Crippen molar-refractivity contribution in [3.05, 3.63) is 72.7 Å². The van der Waals surface area contributed by atoms with Gasteiger partial charge in [0.15, 0.2) is 5.78 Å². The molecule has 0 fully saturated rings. The Morgan fingerprint density at radius 2 is 2.05 bits per heavy atom. The number of nitrogens with zero attached hydrogens (tertiary/aromatic N) is 1. The molecule has 0 unspecified atom stereocenters. The van der Waals surface area contributed by atoms with E-state index >= 15 is 0 Å². The molecule has 4 heteroatoms. The van der Waals surface area contributed by atoms with Gasteiger partial charge in [-0.15, -0.1) is 0 Å². The molecule has 0 amide bonds. The van der Waals surface area contributed by atoms with Crippen molar-refractivity contribution < 1.29 is 9.90 Å². The second-order valence-corrected chi connectivity index (χ2v) is 4.31. The second kappa shape index (κ2) is 12.1. The van der Waals surface area contributed by atoms with E-state index in [0.29, 0.717) is 24.2 Å². The van der Waals surface area contributed by atoms with E-state index in [1.54, 1.807) is 56.6 Å². The van der Waals surface area contributed by atoms with Crippen LogP contribution in [0.1, 0.15) is 13.8 Å². The average Bonchev–Trinajstić information content (AvgIpc) is 2.53. The molecular formula is C18H24N2O2. The number of aliphatic imine (C=N–C) groups is 1. The first kappa shape index (κ1) is 19.4. The van der Waals surface area contributed by atoms with Crippen LogP contribution in [0.3, 0.4) is 0 Å². The van der Waals surface area contributed by atoms with Gasteiger partial charge in [-0.05, 0) is 26.0 Å². The predicted molar refractivity (Wildman–Crippen MR) is 94.1 cm³/mol. The highest BCUT2D eigenvalue weighted by Gasteiger charge is 1.98. The number of allylic oxidation sites excluding steroid dienone is 8. The van der Waals surface area contributed by atoms with Crippen molar-refractivity contribution in [3.8, 4) is 0 Å². The number of aliphatic hydroxyl groups excluding tert-OH is 1. The number of carbonyl (C=O) groups is 1. The summed E-state index contributed by atoms with van der Waals surface area (Å²) in [6, 6.07) is 0. The molecule has 22 heavy (non-hydrogen) atoms. The zero-order valence-electron chi connectivity index (χ0n) is 13.2. The number of aliphatic hydroxyl groups is 1. The third-order valence-corrected chi connectivity index (χ3v) is 2.57. The van der Waals surface area contributed by atoms with Crippen LogP contribution in [0.15, 0.2) is 77.7 Å². The fourth-order valence-electron chi connectivity index (χ4n) is 1.36. The van der Waals surface area contributed by atoms with Crippen molar-refractivity contribution in [3.63, 3.8) is 0 Å². The minimum Gasteiger partial charge on any atom is -0.508 e. The number of nitrogens with one attached hydrogen (secondary N) is 1. The van der Waals surface area contributed by atoms with Gasteiger partial charge in [-0.2, -0.15) is 0 Å². The number of carbonyl (C=O) groups excluding carboxylic acids is 1. The molecule has 0 spiro atoms. The van der Waals surface area contributed by atoms with E-state index in [9.17, 15) is 9.90 Å². The Kier molecular flexibility index (Phi) is 10.7. The Hall–Kier alpha value is -2.62. The van der Waals surface area contributed by atoms with Crippen molar-refractivity contribution in [1.82, 2.24) is 5.32 Å². The van der Waals surface area contributed by atoms with Crippen molar-refractivity contribution in [1.29, 1.82) is 0 Å². The summed E-state index contributed by atoms with van der Waals surface area (Å²) in [7, 11) is 0. The van der Waals surface area contributed by atoms with E-state index in [1.807, 2.05) is 0 Å². The summed E-state index contributed by atoms with van der Waals surface area (Å²) in [5.41, 5.74) is 1.22. The van der Waals surface area contributed by atoms with Gasteiger partial charge in [-0.3, -0.25) is 9.79 Å². The number of ketones is 1. The maximum Gasteiger partial charge on any atom is 0.182 e. The molecule has 0 aliphatic carbocycles. The lowest BCUT2D eigenvalue weighted by atomic mass is 10.2. The summed E-state index contributed by atoms with van der Waals surface area (Å²) in [6.07, 6.45) is 12.7. The van der Waals surface area contributed by atoms with Gasteiger partial charge < -0.3 is 10.4 Å². The Balaban J connectivity index is 4.32. The Morgan fingerprint density at radius 3 is 2.64 bits per heavy atom. The van der Waals surface area contributed by atoms with Crippen LogP contribution in [-0.4, -0.2) is 30.2 Å². The van der Waals surface area contributed by atoms with Crippen LogP contribution in [0.5, 0.6) is 0 Å². The standard InChI is InChI=1S/C18H24N2O2/c1-5-8-10-18(22)15(4)13-19-11-12-20-14-16(9-6-2)17(21)7-3/h5-10,13-14,19,21H,1-2,11-12H2,3-4H3/b10-8-,15-13?,16-9-,17-7+,20-14?. The molecule has 0 atom stereocenters. The summed E-state index contributed by atoms with van der Waals surface area (Å²) in [4.78, 5) is 15.8. The Labute approximate surface area is 132 Å². The van der Waals surface area contributed by atoms with Gasteiger partial charge in [0, 0.05) is 30.1 Å². The minimum absolute atomic E-state index is 0.0647. The van der Waals surface area contributed by atoms with Gasteiger partial charge in [-0.1, -0.05) is 37.5 Å². The average molecular weight is 300 g/mol. The SMILES string of the molecule is C=C/C=C\C(=O)C(C)=CNCCN=CC(=C/C=C)/C(O)=C\C. The Morgan fingerprint density at radius 1 is 1.32 bits per heavy atom. The lowest BCUT2D eigenvalue weighted by Crippen LogP contribution is -2.12. The fraction of sp³-hybridized carbons (Fsp3) is 0.222. The van der Waals surface area contributed by atoms with Crippen LogP contribution in [0.2, 0.25) is 0 Å². The Bertz CT molecular complexity index is 535. The molecule has 2 N–H and O–H groups in total. The largest absolute Gasteiger partial charge is 0.508 e. The van der Waals surface area contributed by atoms with Crippen molar-refractivity contribution in [2.75, 3.05) is 13.1 Å². The molecule has 0 bridgehead atoms. The molecule has 0 aromatic carbocycles. The zero-order chi connectivity index (χ0) is 16.8. The molecule has 0 aliphatic rings. The maximum absolute atomic E-state index is 11.6. The highest BCUT2D eigenvalue weighted by Crippen LogP contribution is 2.03. The molecule has 0 saturated carbocycles. The van der Waals surface area contributed by atoms with Crippen molar-refractivity contribution in [2.45, 2.75) is 13.8 Å². The molecule has 0 rings (SSSR count). The third-order valence-electron chi connectivity index (χ3n) is 2.57. The van der Waals surface area contributed by atoms with Gasteiger partial charge in [0.1, 0.15) is 5.76 Å². The van der Waals surface area contributed by atoms with Crippen LogP contribution < -0.4 is 5.32 Å². The van der Waals surface area contributed by atoms with Crippen molar-refractivity contribution >= 4 is 12.0 Å². The highest BCUT2D eigenvalue weighted by atomic mass is 16.3. The first-order valence-corrected chi connectivity index (χ1v) is 6.98. The molecular weight excluding hydrogens is 276 g/mol. The number of hydrogen-bond acceptors (Lipinski definition) is 4. The van der Waals surface area contributed by atoms with Crippen LogP contribution in [0, 0.1) is 0 Å². The van der Waals surface area contributed by atoms with E-state index in [1.165, 1.54) is 6.08 Å². The molecule has 4 nitrogen and oxygen atoms in total. The van der Waals surface area contributed by atoms with Gasteiger partial charge in [0.2, 0.25) is 0 Å². The van der Waals surface area contributed by atoms with E-state index < -0.39 is 0 Å². The van der Waals surface area contributed by atoms with Gasteiger partial charge in [-0.25, -0.2) is 0 Å². The topological polar surface area (TPSA) is 61.7 Å². The summed E-state index contributed by atoms with van der Waals surface area (Å²) in [6.45, 7) is 11.7. The van der Waals surface area contributed by atoms with E-state index in [4.69, 9.17) is 0 Å². The smallest absolute Gasteiger partial charge is 0.182 e. The summed E-state index contributed by atoms with van der Waals surface area (Å²) in [5.74, 6) is 0.0945. The van der Waals surface area contributed by atoms with Gasteiger partial charge in [0.05, 0.1) is 6.54 Å². The summed E-state index contributed by atoms with van der Waals surface area (Å²) < 4.78 is 0. The molecule has 0 aromatic heterocycles. The number of rotatable bonds is 10. The molecule has 0 aromatic rings. The van der Waals surface area contributed by atoms with Crippen LogP contribution in [0.4, 0.5) is 0 Å². The van der Waals surface area contributed by atoms with Crippen LogP contribution in [0.25, 0.3) is 0 Å². The molecule has 0 radical (unpaired) electrons. The van der Waals surface area contributed by atoms with E-state index in [-0.39, 0.29) is 11.5 Å². The van der Waals surface area contributed by atoms with E-state index in [0.717, 1.165) is 0 Å². The molecule has 0 heterocycles. The molecule has 118 valence electrons. The normalized spacial score (nSPS) is 13.6. The lowest BCUT2D eigenvalue weighted by Gasteiger charge is -2.01. The van der Waals surface area contributed by atoms with Crippen LogP contribution >= 0.6 is 0 Å². The quantitative estimate of drug-likeness (QED) is 0.214. The van der Waals surface area contributed by atoms with Crippen molar-refractivity contribution in [2.24, 2.45) is 4.99 Å². The zero-order valence-corrected chi connectivity index (χ0v) is 13.2. The predicted octanol–water partition coefficient (Wildman–Crippen LogP) is 3.44. The summed E-state index contributed by atoms with van der Waals surface area (Å²) >= 11 is 0. The monoisotopic (exact) mass is 300 g/mol. The maximum atomic E-state index is 11.6. The minimum atomic E-state index is -0.0647. The van der Waals surface area contributed by atoms with Gasteiger partial charge >= 0.3 is 0 Å². The molecule has 0 saturated heterocycles. The first-order valence-electron chi connectivity index (χ1n) is 6.98. The molecule has 0 aliphatic heterocycles.